The zero-order valence-electron chi connectivity index (χ0n) is 13.5. The van der Waals surface area contributed by atoms with Crippen molar-refractivity contribution >= 4 is 17.6 Å². The van der Waals surface area contributed by atoms with Crippen molar-refractivity contribution in [1.29, 1.82) is 0 Å². The van der Waals surface area contributed by atoms with Crippen LogP contribution in [0.25, 0.3) is 0 Å². The van der Waals surface area contributed by atoms with E-state index in [-0.39, 0.29) is 5.92 Å². The topological polar surface area (TPSA) is 49.8 Å². The van der Waals surface area contributed by atoms with Gasteiger partial charge in [-0.25, -0.2) is 0 Å². The molecule has 0 amide bonds. The molecule has 2 unspecified atom stereocenters. The van der Waals surface area contributed by atoms with E-state index in [4.69, 9.17) is 16.3 Å². The van der Waals surface area contributed by atoms with Crippen LogP contribution in [0.1, 0.15) is 17.0 Å². The van der Waals surface area contributed by atoms with Crippen molar-refractivity contribution in [1.82, 2.24) is 4.90 Å². The largest absolute Gasteiger partial charge is 0.495 e. The molecule has 1 aliphatic rings. The number of ether oxygens (including phenoxy) is 1. The first-order chi connectivity index (χ1) is 11.6. The predicted octanol–water partition coefficient (Wildman–Crippen LogP) is 3.65. The second-order valence-corrected chi connectivity index (χ2v) is 6.47. The fraction of sp³-hybridized carbons (Fsp3) is 0.316. The number of halogens is 1. The van der Waals surface area contributed by atoms with Crippen LogP contribution >= 0.6 is 11.6 Å². The minimum absolute atomic E-state index is 0.145. The fourth-order valence-corrected chi connectivity index (χ4v) is 3.74. The molecule has 1 fully saturated rings. The Morgan fingerprint density at radius 2 is 1.96 bits per heavy atom. The van der Waals surface area contributed by atoms with Crippen LogP contribution in [0.3, 0.4) is 0 Å². The van der Waals surface area contributed by atoms with Gasteiger partial charge in [0.05, 0.1) is 18.1 Å². The molecule has 0 aromatic heterocycles. The Bertz CT molecular complexity index is 720. The maximum atomic E-state index is 11.7. The summed E-state index contributed by atoms with van der Waals surface area (Å²) in [5.74, 6) is -0.818. The van der Waals surface area contributed by atoms with E-state index in [0.717, 1.165) is 12.1 Å². The number of methoxy groups -OCH3 is 1. The summed E-state index contributed by atoms with van der Waals surface area (Å²) in [6.07, 6.45) is 0. The smallest absolute Gasteiger partial charge is 0.308 e. The molecule has 24 heavy (non-hydrogen) atoms. The number of hydrogen-bond acceptors (Lipinski definition) is 3. The van der Waals surface area contributed by atoms with Gasteiger partial charge < -0.3 is 9.84 Å². The quantitative estimate of drug-likeness (QED) is 0.898. The Morgan fingerprint density at radius 1 is 1.21 bits per heavy atom. The van der Waals surface area contributed by atoms with Crippen molar-refractivity contribution in [2.75, 3.05) is 20.2 Å². The van der Waals surface area contributed by atoms with E-state index >= 15 is 0 Å². The lowest BCUT2D eigenvalue weighted by molar-refractivity contribution is -0.141. The van der Waals surface area contributed by atoms with Crippen LogP contribution in [0.2, 0.25) is 5.02 Å². The molecule has 0 radical (unpaired) electrons. The highest BCUT2D eigenvalue weighted by molar-refractivity contribution is 6.32. The molecule has 4 nitrogen and oxygen atoms in total. The highest BCUT2D eigenvalue weighted by atomic mass is 35.5. The SMILES string of the molecule is COc1cccc(C2CN(Cc3ccccc3)CC2C(=O)O)c1Cl. The summed E-state index contributed by atoms with van der Waals surface area (Å²) in [6, 6.07) is 15.6. The van der Waals surface area contributed by atoms with Crippen LogP contribution in [-0.4, -0.2) is 36.2 Å². The third kappa shape index (κ3) is 3.40. The highest BCUT2D eigenvalue weighted by Gasteiger charge is 2.39. The van der Waals surface area contributed by atoms with Gasteiger partial charge in [-0.05, 0) is 17.2 Å². The lowest BCUT2D eigenvalue weighted by atomic mass is 9.89. The Labute approximate surface area is 146 Å². The van der Waals surface area contributed by atoms with Crippen molar-refractivity contribution < 1.29 is 14.6 Å². The summed E-state index contributed by atoms with van der Waals surface area (Å²) >= 11 is 6.43. The van der Waals surface area contributed by atoms with Crippen molar-refractivity contribution in [2.45, 2.75) is 12.5 Å². The number of benzene rings is 2. The van der Waals surface area contributed by atoms with E-state index in [9.17, 15) is 9.90 Å². The second-order valence-electron chi connectivity index (χ2n) is 6.09. The number of nitrogens with zero attached hydrogens (tertiary/aromatic N) is 1. The summed E-state index contributed by atoms with van der Waals surface area (Å²) in [6.45, 7) is 1.92. The molecule has 2 aromatic rings. The van der Waals surface area contributed by atoms with Gasteiger partial charge in [-0.3, -0.25) is 9.69 Å². The molecule has 0 saturated carbocycles. The minimum Gasteiger partial charge on any atom is -0.495 e. The molecule has 126 valence electrons. The van der Waals surface area contributed by atoms with Crippen LogP contribution in [-0.2, 0) is 11.3 Å². The number of likely N-dealkylation sites (tertiary alicyclic amines) is 1. The molecule has 2 atom stereocenters. The fourth-order valence-electron chi connectivity index (χ4n) is 3.39. The van der Waals surface area contributed by atoms with Gasteiger partial charge in [-0.15, -0.1) is 0 Å². The lowest BCUT2D eigenvalue weighted by Gasteiger charge is -2.18. The second kappa shape index (κ2) is 7.24. The molecular weight excluding hydrogens is 326 g/mol. The molecule has 1 N–H and O–H groups in total. The Balaban J connectivity index is 1.85. The first kappa shape index (κ1) is 16.8. The van der Waals surface area contributed by atoms with E-state index in [1.807, 2.05) is 30.3 Å². The lowest BCUT2D eigenvalue weighted by Crippen LogP contribution is -2.23. The van der Waals surface area contributed by atoms with Gasteiger partial charge in [-0.2, -0.15) is 0 Å². The van der Waals surface area contributed by atoms with Crippen LogP contribution in [0, 0.1) is 5.92 Å². The van der Waals surface area contributed by atoms with Crippen molar-refractivity contribution in [3.05, 3.63) is 64.7 Å². The molecule has 0 aliphatic carbocycles. The number of carboxylic acid groups (broad SMARTS) is 1. The number of carboxylic acids is 1. The molecule has 5 heteroatoms. The molecule has 3 rings (SSSR count). The molecule has 1 saturated heterocycles. The number of rotatable bonds is 5. The van der Waals surface area contributed by atoms with Crippen molar-refractivity contribution in [2.24, 2.45) is 5.92 Å². The third-order valence-corrected chi connectivity index (χ3v) is 4.98. The summed E-state index contributed by atoms with van der Waals surface area (Å²) in [5.41, 5.74) is 2.03. The first-order valence-corrected chi connectivity index (χ1v) is 8.29. The van der Waals surface area contributed by atoms with Gasteiger partial charge >= 0.3 is 5.97 Å². The highest BCUT2D eigenvalue weighted by Crippen LogP contribution is 2.40. The van der Waals surface area contributed by atoms with Gasteiger partial charge in [0.25, 0.3) is 0 Å². The average molecular weight is 346 g/mol. The molecule has 1 heterocycles. The summed E-state index contributed by atoms with van der Waals surface area (Å²) < 4.78 is 5.27. The zero-order valence-corrected chi connectivity index (χ0v) is 14.2. The summed E-state index contributed by atoms with van der Waals surface area (Å²) in [5, 5.41) is 10.2. The van der Waals surface area contributed by atoms with E-state index in [0.29, 0.717) is 23.9 Å². The van der Waals surface area contributed by atoms with Gasteiger partial charge in [0, 0.05) is 25.6 Å². The van der Waals surface area contributed by atoms with Crippen molar-refractivity contribution in [3.63, 3.8) is 0 Å². The van der Waals surface area contributed by atoms with Gasteiger partial charge in [-0.1, -0.05) is 54.1 Å². The van der Waals surface area contributed by atoms with Crippen molar-refractivity contribution in [3.8, 4) is 5.75 Å². The summed E-state index contributed by atoms with van der Waals surface area (Å²) in [7, 11) is 1.57. The van der Waals surface area contributed by atoms with Crippen LogP contribution in [0.15, 0.2) is 48.5 Å². The number of aliphatic carboxylic acids is 1. The van der Waals surface area contributed by atoms with E-state index in [1.165, 1.54) is 5.56 Å². The minimum atomic E-state index is -0.783. The Hall–Kier alpha value is -2.04. The molecule has 0 bridgehead atoms. The molecule has 1 aliphatic heterocycles. The normalized spacial score (nSPS) is 20.9. The zero-order chi connectivity index (χ0) is 17.1. The standard InChI is InChI=1S/C19H20ClNO3/c1-24-17-9-5-8-14(18(17)20)15-11-21(12-16(15)19(22)23)10-13-6-3-2-4-7-13/h2-9,15-16H,10-12H2,1H3,(H,22,23). The maximum absolute atomic E-state index is 11.7. The van der Waals surface area contributed by atoms with E-state index in [2.05, 4.69) is 17.0 Å². The molecule has 2 aromatic carbocycles. The Morgan fingerprint density at radius 3 is 2.62 bits per heavy atom. The van der Waals surface area contributed by atoms with Gasteiger partial charge in [0.2, 0.25) is 0 Å². The molecular formula is C19H20ClNO3. The third-order valence-electron chi connectivity index (χ3n) is 4.57. The maximum Gasteiger partial charge on any atom is 0.308 e. The monoisotopic (exact) mass is 345 g/mol. The van der Waals surface area contributed by atoms with Crippen LogP contribution in [0.5, 0.6) is 5.75 Å². The van der Waals surface area contributed by atoms with Crippen LogP contribution < -0.4 is 4.74 Å². The molecule has 0 spiro atoms. The van der Waals surface area contributed by atoms with Gasteiger partial charge in [0.15, 0.2) is 0 Å². The Kier molecular flexibility index (Phi) is 5.07. The first-order valence-electron chi connectivity index (χ1n) is 7.91. The summed E-state index contributed by atoms with van der Waals surface area (Å²) in [4.78, 5) is 13.9. The van der Waals surface area contributed by atoms with E-state index < -0.39 is 11.9 Å². The van der Waals surface area contributed by atoms with Crippen LogP contribution in [0.4, 0.5) is 0 Å². The van der Waals surface area contributed by atoms with E-state index in [1.54, 1.807) is 13.2 Å². The number of hydrogen-bond donors (Lipinski definition) is 1. The van der Waals surface area contributed by atoms with Gasteiger partial charge in [0.1, 0.15) is 5.75 Å². The average Bonchev–Trinajstić information content (AvgIpc) is 3.00. The predicted molar refractivity (Wildman–Crippen MR) is 93.6 cm³/mol. The number of carbonyl (C=O) groups is 1.